The van der Waals surface area contributed by atoms with E-state index in [2.05, 4.69) is 0 Å². The summed E-state index contributed by atoms with van der Waals surface area (Å²) >= 11 is 0. The Morgan fingerprint density at radius 2 is 1.71 bits per heavy atom. The Kier molecular flexibility index (Phi) is 4.22. The highest BCUT2D eigenvalue weighted by Gasteiger charge is 2.47. The van der Waals surface area contributed by atoms with Crippen LogP contribution >= 0.6 is 0 Å². The fraction of sp³-hybridized carbons (Fsp3) is 0.174. The van der Waals surface area contributed by atoms with E-state index in [1.807, 2.05) is 66.7 Å². The highest BCUT2D eigenvalue weighted by atomic mass is 16.7. The standard InChI is InChI=1S/C23H18O5/c24-21(23-22(28-23)16-10-11-19-20(12-16)27-14-26-19)17-8-4-5-9-18(17)25-13-15-6-2-1-3-7-15/h1-12,22-23H,13-14H2/t22-,23+/m1/s1. The van der Waals surface area contributed by atoms with Gasteiger partial charge >= 0.3 is 0 Å². The lowest BCUT2D eigenvalue weighted by molar-refractivity contribution is 0.0949. The molecule has 2 aliphatic rings. The van der Waals surface area contributed by atoms with Crippen LogP contribution in [0.4, 0.5) is 0 Å². The Hall–Kier alpha value is -3.31. The molecule has 2 aliphatic heterocycles. The van der Waals surface area contributed by atoms with Gasteiger partial charge in [-0.3, -0.25) is 4.79 Å². The Balaban J connectivity index is 1.31. The lowest BCUT2D eigenvalue weighted by Crippen LogP contribution is -2.10. The number of rotatable bonds is 6. The fourth-order valence-corrected chi connectivity index (χ4v) is 3.34. The number of hydrogen-bond acceptors (Lipinski definition) is 5. The molecule has 1 saturated heterocycles. The van der Waals surface area contributed by atoms with Crippen LogP contribution in [0.1, 0.15) is 27.6 Å². The van der Waals surface area contributed by atoms with E-state index < -0.39 is 6.10 Å². The topological polar surface area (TPSA) is 57.3 Å². The predicted molar refractivity (Wildman–Crippen MR) is 102 cm³/mol. The van der Waals surface area contributed by atoms with E-state index in [0.717, 1.165) is 11.1 Å². The van der Waals surface area contributed by atoms with Crippen molar-refractivity contribution in [3.63, 3.8) is 0 Å². The molecule has 5 heteroatoms. The highest BCUT2D eigenvalue weighted by molar-refractivity contribution is 6.03. The lowest BCUT2D eigenvalue weighted by Gasteiger charge is -2.10. The van der Waals surface area contributed by atoms with Gasteiger partial charge in [-0.1, -0.05) is 48.5 Å². The van der Waals surface area contributed by atoms with Crippen molar-refractivity contribution < 1.29 is 23.7 Å². The van der Waals surface area contributed by atoms with Gasteiger partial charge < -0.3 is 18.9 Å². The number of carbonyl (C=O) groups is 1. The van der Waals surface area contributed by atoms with Crippen molar-refractivity contribution >= 4 is 5.78 Å². The van der Waals surface area contributed by atoms with Crippen molar-refractivity contribution in [2.24, 2.45) is 0 Å². The third-order valence-corrected chi connectivity index (χ3v) is 4.86. The first-order chi connectivity index (χ1) is 13.8. The molecule has 0 radical (unpaired) electrons. The molecule has 140 valence electrons. The third kappa shape index (κ3) is 3.21. The second-order valence-corrected chi connectivity index (χ2v) is 6.72. The molecule has 3 aromatic rings. The number of ketones is 1. The molecule has 0 unspecified atom stereocenters. The number of ether oxygens (including phenoxy) is 4. The van der Waals surface area contributed by atoms with Crippen LogP contribution in [0.3, 0.4) is 0 Å². The quantitative estimate of drug-likeness (QED) is 0.475. The van der Waals surface area contributed by atoms with Gasteiger partial charge in [0.05, 0.1) is 5.56 Å². The average molecular weight is 374 g/mol. The number of carbonyl (C=O) groups excluding carboxylic acids is 1. The summed E-state index contributed by atoms with van der Waals surface area (Å²) in [6.07, 6.45) is -0.786. The van der Waals surface area contributed by atoms with Crippen molar-refractivity contribution in [1.29, 1.82) is 0 Å². The summed E-state index contributed by atoms with van der Waals surface area (Å²) in [5.41, 5.74) is 2.49. The molecule has 28 heavy (non-hydrogen) atoms. The van der Waals surface area contributed by atoms with Crippen LogP contribution in [-0.4, -0.2) is 18.7 Å². The van der Waals surface area contributed by atoms with Crippen LogP contribution < -0.4 is 14.2 Å². The second kappa shape index (κ2) is 7.02. The molecule has 0 amide bonds. The minimum atomic E-state index is -0.512. The first-order valence-electron chi connectivity index (χ1n) is 9.14. The molecule has 0 N–H and O–H groups in total. The Bertz CT molecular complexity index is 1010. The van der Waals surface area contributed by atoms with E-state index in [0.29, 0.717) is 29.4 Å². The van der Waals surface area contributed by atoms with Crippen LogP contribution in [0.25, 0.3) is 0 Å². The van der Waals surface area contributed by atoms with Crippen molar-refractivity contribution in [3.8, 4) is 17.2 Å². The Labute approximate surface area is 162 Å². The highest BCUT2D eigenvalue weighted by Crippen LogP contribution is 2.45. The van der Waals surface area contributed by atoms with E-state index >= 15 is 0 Å². The molecule has 3 aromatic carbocycles. The van der Waals surface area contributed by atoms with Crippen LogP contribution in [0.2, 0.25) is 0 Å². The third-order valence-electron chi connectivity index (χ3n) is 4.86. The first-order valence-corrected chi connectivity index (χ1v) is 9.14. The van der Waals surface area contributed by atoms with E-state index in [1.54, 1.807) is 6.07 Å². The second-order valence-electron chi connectivity index (χ2n) is 6.72. The van der Waals surface area contributed by atoms with Gasteiger partial charge in [0.2, 0.25) is 6.79 Å². The molecule has 0 aromatic heterocycles. The Morgan fingerprint density at radius 3 is 2.61 bits per heavy atom. The van der Waals surface area contributed by atoms with E-state index in [1.165, 1.54) is 0 Å². The van der Waals surface area contributed by atoms with Crippen molar-refractivity contribution in [2.75, 3.05) is 6.79 Å². The Morgan fingerprint density at radius 1 is 0.929 bits per heavy atom. The number of fused-ring (bicyclic) bond motifs is 1. The van der Waals surface area contributed by atoms with Crippen LogP contribution in [-0.2, 0) is 11.3 Å². The molecular formula is C23H18O5. The van der Waals surface area contributed by atoms with E-state index in [9.17, 15) is 4.79 Å². The van der Waals surface area contributed by atoms with E-state index in [-0.39, 0.29) is 18.7 Å². The maximum absolute atomic E-state index is 13.0. The largest absolute Gasteiger partial charge is 0.488 e. The molecule has 5 rings (SSSR count). The number of hydrogen-bond donors (Lipinski definition) is 0. The lowest BCUT2D eigenvalue weighted by atomic mass is 10.0. The zero-order valence-corrected chi connectivity index (χ0v) is 15.0. The number of benzene rings is 3. The van der Waals surface area contributed by atoms with E-state index in [4.69, 9.17) is 18.9 Å². The maximum Gasteiger partial charge on any atom is 0.231 e. The van der Waals surface area contributed by atoms with Gasteiger partial charge in [-0.25, -0.2) is 0 Å². The van der Waals surface area contributed by atoms with Crippen molar-refractivity contribution in [1.82, 2.24) is 0 Å². The maximum atomic E-state index is 13.0. The van der Waals surface area contributed by atoms with Crippen LogP contribution in [0.15, 0.2) is 72.8 Å². The predicted octanol–water partition coefficient (Wildman–Crippen LogP) is 4.32. The van der Waals surface area contributed by atoms with Gasteiger partial charge in [0.25, 0.3) is 0 Å². The normalized spacial score (nSPS) is 19.3. The summed E-state index contributed by atoms with van der Waals surface area (Å²) in [5, 5.41) is 0. The molecule has 5 nitrogen and oxygen atoms in total. The number of para-hydroxylation sites is 1. The molecular weight excluding hydrogens is 356 g/mol. The molecule has 2 heterocycles. The van der Waals surface area contributed by atoms with Gasteiger partial charge in [-0.15, -0.1) is 0 Å². The minimum absolute atomic E-state index is 0.0775. The minimum Gasteiger partial charge on any atom is -0.488 e. The summed E-state index contributed by atoms with van der Waals surface area (Å²) in [6.45, 7) is 0.626. The van der Waals surface area contributed by atoms with Crippen LogP contribution in [0, 0.1) is 0 Å². The average Bonchev–Trinajstić information content (AvgIpc) is 3.41. The summed E-state index contributed by atoms with van der Waals surface area (Å²) in [6, 6.07) is 22.8. The summed E-state index contributed by atoms with van der Waals surface area (Å²) < 4.78 is 22.3. The SMILES string of the molecule is O=C(c1ccccc1OCc1ccccc1)[C@@H]1O[C@@H]1c1ccc2c(c1)OCO2. The number of Topliss-reactive ketones (excluding diaryl/α,β-unsaturated/α-hetero) is 1. The van der Waals surface area contributed by atoms with Gasteiger partial charge in [-0.2, -0.15) is 0 Å². The summed E-state index contributed by atoms with van der Waals surface area (Å²) in [7, 11) is 0. The monoisotopic (exact) mass is 374 g/mol. The van der Waals surface area contributed by atoms with Gasteiger partial charge in [0, 0.05) is 0 Å². The summed E-state index contributed by atoms with van der Waals surface area (Å²) in [5.74, 6) is 1.89. The number of epoxide rings is 1. The molecule has 0 saturated carbocycles. The zero-order chi connectivity index (χ0) is 18.9. The fourth-order valence-electron chi connectivity index (χ4n) is 3.34. The zero-order valence-electron chi connectivity index (χ0n) is 15.0. The van der Waals surface area contributed by atoms with Crippen molar-refractivity contribution in [2.45, 2.75) is 18.8 Å². The first kappa shape index (κ1) is 16.8. The van der Waals surface area contributed by atoms with Gasteiger partial charge in [0.1, 0.15) is 18.5 Å². The smallest absolute Gasteiger partial charge is 0.231 e. The molecule has 0 spiro atoms. The molecule has 0 aliphatic carbocycles. The molecule has 2 atom stereocenters. The van der Waals surface area contributed by atoms with Crippen molar-refractivity contribution in [3.05, 3.63) is 89.5 Å². The van der Waals surface area contributed by atoms with Gasteiger partial charge in [-0.05, 0) is 35.4 Å². The van der Waals surface area contributed by atoms with Crippen LogP contribution in [0.5, 0.6) is 17.2 Å². The van der Waals surface area contributed by atoms with Gasteiger partial charge in [0.15, 0.2) is 23.4 Å². The summed E-state index contributed by atoms with van der Waals surface area (Å²) in [4.78, 5) is 13.0. The molecule has 0 bridgehead atoms. The molecule has 1 fully saturated rings.